The topological polar surface area (TPSA) is 66.0 Å². The van der Waals surface area contributed by atoms with E-state index in [2.05, 4.69) is 29.8 Å². The number of nitrogens with one attached hydrogen (secondary N) is 1. The van der Waals surface area contributed by atoms with Gasteiger partial charge in [0.2, 0.25) is 0 Å². The molecular weight excluding hydrogens is 324 g/mol. The Morgan fingerprint density at radius 1 is 1.30 bits per heavy atom. The number of hydrogen-bond acceptors (Lipinski definition) is 3. The van der Waals surface area contributed by atoms with E-state index in [9.17, 15) is 4.79 Å². The van der Waals surface area contributed by atoms with Gasteiger partial charge in [-0.25, -0.2) is 0 Å². The molecule has 0 heterocycles. The number of halogens is 1. The van der Waals surface area contributed by atoms with Crippen LogP contribution in [-0.2, 0) is 11.3 Å². The van der Waals surface area contributed by atoms with Crippen molar-refractivity contribution in [2.45, 2.75) is 26.4 Å². The Labute approximate surface area is 128 Å². The van der Waals surface area contributed by atoms with Crippen molar-refractivity contribution < 1.29 is 19.2 Å². The fourth-order valence-corrected chi connectivity index (χ4v) is 2.49. The van der Waals surface area contributed by atoms with Gasteiger partial charge in [-0.05, 0) is 41.9 Å². The largest absolute Gasteiger partial charge is 0.496 e. The van der Waals surface area contributed by atoms with Crippen molar-refractivity contribution in [1.82, 2.24) is 0 Å². The number of amides is 1. The van der Waals surface area contributed by atoms with E-state index >= 15 is 0 Å². The van der Waals surface area contributed by atoms with Crippen LogP contribution in [0.5, 0.6) is 11.5 Å². The highest BCUT2D eigenvalue weighted by Gasteiger charge is 2.20. The molecule has 5 nitrogen and oxygen atoms in total. The van der Waals surface area contributed by atoms with Gasteiger partial charge in [0.1, 0.15) is 18.0 Å². The van der Waals surface area contributed by atoms with Crippen LogP contribution in [0.1, 0.15) is 19.4 Å². The number of benzene rings is 1. The summed E-state index contributed by atoms with van der Waals surface area (Å²) >= 11 is 3.43. The molecule has 0 saturated heterocycles. The van der Waals surface area contributed by atoms with Crippen molar-refractivity contribution in [3.05, 3.63) is 22.2 Å². The summed E-state index contributed by atoms with van der Waals surface area (Å²) in [6.45, 7) is 5.05. The number of methoxy groups -OCH3 is 2. The van der Waals surface area contributed by atoms with Gasteiger partial charge in [-0.3, -0.25) is 4.79 Å². The molecule has 0 aliphatic carbocycles. The first kappa shape index (κ1) is 16.8. The lowest BCUT2D eigenvalue weighted by atomic mass is 10.1. The third-order valence-corrected chi connectivity index (χ3v) is 3.81. The van der Waals surface area contributed by atoms with Crippen LogP contribution >= 0.6 is 15.9 Å². The lowest BCUT2D eigenvalue weighted by Gasteiger charge is -2.23. The summed E-state index contributed by atoms with van der Waals surface area (Å²) in [5.41, 5.74) is 6.30. The number of rotatable bonds is 7. The second-order valence-corrected chi connectivity index (χ2v) is 5.79. The van der Waals surface area contributed by atoms with E-state index in [0.29, 0.717) is 13.1 Å². The number of ether oxygens (including phenoxy) is 2. The fraction of sp³-hybridized carbons (Fsp3) is 0.500. The summed E-state index contributed by atoms with van der Waals surface area (Å²) in [7, 11) is 3.24. The van der Waals surface area contributed by atoms with E-state index < -0.39 is 0 Å². The van der Waals surface area contributed by atoms with Gasteiger partial charge in [0.25, 0.3) is 5.91 Å². The summed E-state index contributed by atoms with van der Waals surface area (Å²) in [6, 6.07) is 4.07. The fourth-order valence-electron chi connectivity index (χ4n) is 2.00. The molecule has 1 rings (SSSR count). The van der Waals surface area contributed by atoms with Crippen molar-refractivity contribution >= 4 is 21.8 Å². The molecule has 0 fully saturated rings. The molecule has 112 valence electrons. The zero-order valence-electron chi connectivity index (χ0n) is 12.3. The lowest BCUT2D eigenvalue weighted by molar-refractivity contribution is -0.927. The van der Waals surface area contributed by atoms with Crippen LogP contribution in [0, 0.1) is 0 Å². The first-order valence-electron chi connectivity index (χ1n) is 6.42. The summed E-state index contributed by atoms with van der Waals surface area (Å²) in [4.78, 5) is 12.3. The van der Waals surface area contributed by atoms with Crippen molar-refractivity contribution in [3.8, 4) is 11.5 Å². The minimum atomic E-state index is -0.309. The summed E-state index contributed by atoms with van der Waals surface area (Å²) in [5.74, 6) is 1.19. The smallest absolute Gasteiger partial charge is 0.272 e. The molecule has 0 bridgehead atoms. The van der Waals surface area contributed by atoms with Crippen LogP contribution in [-0.4, -0.2) is 32.7 Å². The Balaban J connectivity index is 3.07. The average molecular weight is 346 g/mol. The molecule has 1 atom stereocenters. The Morgan fingerprint density at radius 3 is 2.35 bits per heavy atom. The Morgan fingerprint density at radius 2 is 1.90 bits per heavy atom. The standard InChI is InChI=1S/C14H21BrN2O3/c1-9(2)17(8-14(16)18)7-10-5-13(20-4)11(15)6-12(10)19-3/h5-6,9H,7-8H2,1-4H3,(H2,16,18)/p+1. The molecule has 1 unspecified atom stereocenters. The second-order valence-electron chi connectivity index (χ2n) is 4.93. The molecule has 3 N–H and O–H groups in total. The van der Waals surface area contributed by atoms with Gasteiger partial charge in [0.05, 0.1) is 30.3 Å². The molecule has 0 aliphatic rings. The quantitative estimate of drug-likeness (QED) is 0.766. The number of nitrogens with two attached hydrogens (primary N) is 1. The molecule has 0 radical (unpaired) electrons. The van der Waals surface area contributed by atoms with Crippen LogP contribution < -0.4 is 20.1 Å². The predicted molar refractivity (Wildman–Crippen MR) is 81.1 cm³/mol. The van der Waals surface area contributed by atoms with Crippen LogP contribution in [0.15, 0.2) is 16.6 Å². The summed E-state index contributed by atoms with van der Waals surface area (Å²) < 4.78 is 11.5. The lowest BCUT2D eigenvalue weighted by Crippen LogP contribution is -3.14. The Hall–Kier alpha value is -1.27. The molecule has 0 aliphatic heterocycles. The SMILES string of the molecule is COc1cc(C[NH+](CC(N)=O)C(C)C)c(OC)cc1Br. The number of quaternary nitrogens is 1. The van der Waals surface area contributed by atoms with Gasteiger partial charge >= 0.3 is 0 Å². The molecule has 20 heavy (non-hydrogen) atoms. The number of primary amides is 1. The minimum Gasteiger partial charge on any atom is -0.496 e. The minimum absolute atomic E-state index is 0.279. The number of hydrogen-bond donors (Lipinski definition) is 2. The highest BCUT2D eigenvalue weighted by Crippen LogP contribution is 2.32. The Bertz CT molecular complexity index is 478. The monoisotopic (exact) mass is 345 g/mol. The van der Waals surface area contributed by atoms with Crippen LogP contribution in [0.3, 0.4) is 0 Å². The zero-order chi connectivity index (χ0) is 15.3. The molecule has 0 spiro atoms. The number of carbonyl (C=O) groups excluding carboxylic acids is 1. The molecule has 0 aromatic heterocycles. The molecule has 1 amide bonds. The molecular formula is C14H22BrN2O3+. The second kappa shape index (κ2) is 7.50. The number of carbonyl (C=O) groups is 1. The van der Waals surface area contributed by atoms with Crippen molar-refractivity contribution in [2.24, 2.45) is 5.73 Å². The van der Waals surface area contributed by atoms with E-state index in [4.69, 9.17) is 15.2 Å². The summed E-state index contributed by atoms with van der Waals surface area (Å²) in [5, 5.41) is 0. The van der Waals surface area contributed by atoms with Gasteiger partial charge < -0.3 is 20.1 Å². The summed E-state index contributed by atoms with van der Waals surface area (Å²) in [6.07, 6.45) is 0. The van der Waals surface area contributed by atoms with E-state index in [0.717, 1.165) is 26.4 Å². The highest BCUT2D eigenvalue weighted by molar-refractivity contribution is 9.10. The third-order valence-electron chi connectivity index (χ3n) is 3.19. The third kappa shape index (κ3) is 4.38. The van der Waals surface area contributed by atoms with E-state index in [1.165, 1.54) is 0 Å². The first-order chi connectivity index (χ1) is 9.38. The van der Waals surface area contributed by atoms with Crippen molar-refractivity contribution in [3.63, 3.8) is 0 Å². The maximum Gasteiger partial charge on any atom is 0.272 e. The van der Waals surface area contributed by atoms with Gasteiger partial charge in [-0.15, -0.1) is 0 Å². The molecule has 0 saturated carbocycles. The normalized spacial score (nSPS) is 12.3. The highest BCUT2D eigenvalue weighted by atomic mass is 79.9. The van der Waals surface area contributed by atoms with E-state index in [1.807, 2.05) is 12.1 Å². The zero-order valence-corrected chi connectivity index (χ0v) is 13.9. The van der Waals surface area contributed by atoms with Crippen molar-refractivity contribution in [1.29, 1.82) is 0 Å². The average Bonchev–Trinajstić information content (AvgIpc) is 2.38. The molecule has 1 aromatic rings. The van der Waals surface area contributed by atoms with Crippen LogP contribution in [0.25, 0.3) is 0 Å². The van der Waals surface area contributed by atoms with Gasteiger partial charge in [0, 0.05) is 0 Å². The maximum absolute atomic E-state index is 11.2. The molecule has 1 aromatic carbocycles. The maximum atomic E-state index is 11.2. The predicted octanol–water partition coefficient (Wildman–Crippen LogP) is 0.745. The van der Waals surface area contributed by atoms with Crippen LogP contribution in [0.2, 0.25) is 0 Å². The van der Waals surface area contributed by atoms with E-state index in [-0.39, 0.29) is 11.9 Å². The van der Waals surface area contributed by atoms with Crippen LogP contribution in [0.4, 0.5) is 0 Å². The Kier molecular flexibility index (Phi) is 6.29. The van der Waals surface area contributed by atoms with Gasteiger partial charge in [-0.1, -0.05) is 0 Å². The first-order valence-corrected chi connectivity index (χ1v) is 7.21. The van der Waals surface area contributed by atoms with Gasteiger partial charge in [0.15, 0.2) is 6.54 Å². The molecule has 6 heteroatoms. The van der Waals surface area contributed by atoms with E-state index in [1.54, 1.807) is 14.2 Å². The van der Waals surface area contributed by atoms with Crippen molar-refractivity contribution in [2.75, 3.05) is 20.8 Å². The van der Waals surface area contributed by atoms with Gasteiger partial charge in [-0.2, -0.15) is 0 Å².